The van der Waals surface area contributed by atoms with Gasteiger partial charge in [0.2, 0.25) is 0 Å². The lowest BCUT2D eigenvalue weighted by molar-refractivity contribution is -0.118. The van der Waals surface area contributed by atoms with Crippen molar-refractivity contribution in [2.75, 3.05) is 6.54 Å². The largest absolute Gasteiger partial charge is 0.313 e. The maximum absolute atomic E-state index is 11.6. The Morgan fingerprint density at radius 3 is 2.06 bits per heavy atom. The van der Waals surface area contributed by atoms with Crippen LogP contribution in [0.1, 0.15) is 51.7 Å². The van der Waals surface area contributed by atoms with Crippen LogP contribution in [0, 0.1) is 6.92 Å². The topological polar surface area (TPSA) is 29.1 Å². The van der Waals surface area contributed by atoms with E-state index in [1.54, 1.807) is 6.92 Å². The maximum atomic E-state index is 11.6. The molecule has 0 bridgehead atoms. The van der Waals surface area contributed by atoms with Crippen molar-refractivity contribution in [3.05, 3.63) is 35.4 Å². The summed E-state index contributed by atoms with van der Waals surface area (Å²) in [5.41, 5.74) is 2.33. The van der Waals surface area contributed by atoms with E-state index in [2.05, 4.69) is 38.2 Å². The first-order chi connectivity index (χ1) is 8.50. The average molecular weight is 249 g/mol. The molecule has 0 aliphatic heterocycles. The van der Waals surface area contributed by atoms with Gasteiger partial charge in [-0.1, -0.05) is 57.5 Å². The number of carbonyl (C=O) groups is 1. The summed E-state index contributed by atoms with van der Waals surface area (Å²) >= 11 is 0. The van der Waals surface area contributed by atoms with Crippen LogP contribution in [0.25, 0.3) is 0 Å². The van der Waals surface area contributed by atoms with E-state index < -0.39 is 0 Å². The number of rotatable bonds is 5. The summed E-state index contributed by atoms with van der Waals surface area (Å²) in [7, 11) is 0. The smallest absolute Gasteiger partial charge is 0.138 e. The lowest BCUT2D eigenvalue weighted by atomic mass is 9.94. The third-order valence-electron chi connectivity index (χ3n) is 2.70. The number of hydrogen-bond donors (Lipinski definition) is 1. The van der Waals surface area contributed by atoms with E-state index in [4.69, 9.17) is 0 Å². The summed E-state index contributed by atoms with van der Waals surface area (Å²) < 4.78 is 0. The van der Waals surface area contributed by atoms with Crippen LogP contribution in [0.5, 0.6) is 0 Å². The Hall–Kier alpha value is -1.15. The molecule has 0 saturated heterocycles. The molecule has 1 aromatic carbocycles. The van der Waals surface area contributed by atoms with Crippen molar-refractivity contribution in [3.63, 3.8) is 0 Å². The second-order valence-corrected chi connectivity index (χ2v) is 4.64. The molecule has 1 aromatic rings. The summed E-state index contributed by atoms with van der Waals surface area (Å²) in [5.74, 6) is 0.194. The normalized spacial score (nSPS) is 11.7. The minimum atomic E-state index is -0.0250. The molecule has 102 valence electrons. The van der Waals surface area contributed by atoms with E-state index in [1.165, 1.54) is 5.56 Å². The van der Waals surface area contributed by atoms with Gasteiger partial charge in [0.25, 0.3) is 0 Å². The maximum Gasteiger partial charge on any atom is 0.138 e. The summed E-state index contributed by atoms with van der Waals surface area (Å²) in [6.45, 7) is 12.6. The van der Waals surface area contributed by atoms with Crippen molar-refractivity contribution in [2.45, 2.75) is 53.5 Å². The lowest BCUT2D eigenvalue weighted by Crippen LogP contribution is -2.30. The molecule has 0 radical (unpaired) electrons. The van der Waals surface area contributed by atoms with Gasteiger partial charge in [0.05, 0.1) is 5.92 Å². The first-order valence-electron chi connectivity index (χ1n) is 6.81. The van der Waals surface area contributed by atoms with Crippen molar-refractivity contribution >= 4 is 5.78 Å². The highest BCUT2D eigenvalue weighted by atomic mass is 16.1. The summed E-state index contributed by atoms with van der Waals surface area (Å²) in [6.07, 6.45) is 0. The molecular formula is C16H27NO. The van der Waals surface area contributed by atoms with E-state index >= 15 is 0 Å². The SMILES string of the molecule is CC.CC(=O)C(CNC(C)C)c1ccc(C)cc1. The Balaban J connectivity index is 0.00000137. The fraction of sp³-hybridized carbons (Fsp3) is 0.562. The predicted molar refractivity (Wildman–Crippen MR) is 79.1 cm³/mol. The van der Waals surface area contributed by atoms with Gasteiger partial charge < -0.3 is 5.32 Å². The van der Waals surface area contributed by atoms with Crippen LogP contribution >= 0.6 is 0 Å². The minimum Gasteiger partial charge on any atom is -0.313 e. The molecule has 0 amide bonds. The van der Waals surface area contributed by atoms with Crippen molar-refractivity contribution in [1.82, 2.24) is 5.32 Å². The number of ketones is 1. The fourth-order valence-corrected chi connectivity index (χ4v) is 1.65. The van der Waals surface area contributed by atoms with Gasteiger partial charge in [-0.2, -0.15) is 0 Å². The summed E-state index contributed by atoms with van der Waals surface area (Å²) in [6, 6.07) is 8.61. The second-order valence-electron chi connectivity index (χ2n) is 4.64. The lowest BCUT2D eigenvalue weighted by Gasteiger charge is -2.17. The van der Waals surface area contributed by atoms with Crippen LogP contribution in [0.15, 0.2) is 24.3 Å². The first kappa shape index (κ1) is 16.9. The van der Waals surface area contributed by atoms with E-state index in [1.807, 2.05) is 26.0 Å². The highest BCUT2D eigenvalue weighted by Gasteiger charge is 2.16. The van der Waals surface area contributed by atoms with Crippen molar-refractivity contribution in [1.29, 1.82) is 0 Å². The van der Waals surface area contributed by atoms with Gasteiger partial charge in [-0.15, -0.1) is 0 Å². The van der Waals surface area contributed by atoms with Gasteiger partial charge in [-0.05, 0) is 19.4 Å². The molecule has 0 fully saturated rings. The van der Waals surface area contributed by atoms with E-state index in [0.29, 0.717) is 6.04 Å². The van der Waals surface area contributed by atoms with Crippen LogP contribution in [-0.4, -0.2) is 18.4 Å². The third-order valence-corrected chi connectivity index (χ3v) is 2.70. The summed E-state index contributed by atoms with van der Waals surface area (Å²) in [5, 5.41) is 3.32. The molecule has 1 N–H and O–H groups in total. The molecule has 1 atom stereocenters. The van der Waals surface area contributed by atoms with Gasteiger partial charge in [-0.25, -0.2) is 0 Å². The van der Waals surface area contributed by atoms with E-state index in [0.717, 1.165) is 12.1 Å². The average Bonchev–Trinajstić information content (AvgIpc) is 2.33. The van der Waals surface area contributed by atoms with Crippen molar-refractivity contribution in [2.24, 2.45) is 0 Å². The molecule has 0 spiro atoms. The molecule has 0 saturated carbocycles. The number of Topliss-reactive ketones (excluding diaryl/α,β-unsaturated/α-hetero) is 1. The number of benzene rings is 1. The monoisotopic (exact) mass is 249 g/mol. The Kier molecular flexibility index (Phi) is 8.30. The Morgan fingerprint density at radius 2 is 1.67 bits per heavy atom. The van der Waals surface area contributed by atoms with Crippen LogP contribution in [0.4, 0.5) is 0 Å². The molecule has 2 heteroatoms. The second kappa shape index (κ2) is 8.87. The van der Waals surface area contributed by atoms with E-state index in [-0.39, 0.29) is 11.7 Å². The Morgan fingerprint density at radius 1 is 1.17 bits per heavy atom. The zero-order valence-corrected chi connectivity index (χ0v) is 12.6. The predicted octanol–water partition coefficient (Wildman–Crippen LogP) is 3.69. The Labute approximate surface area is 112 Å². The zero-order chi connectivity index (χ0) is 14.1. The standard InChI is InChI=1S/C14H21NO.C2H6/c1-10(2)15-9-14(12(4)16)13-7-5-11(3)6-8-13;1-2/h5-8,10,14-15H,9H2,1-4H3;1-2H3. The zero-order valence-electron chi connectivity index (χ0n) is 12.6. The quantitative estimate of drug-likeness (QED) is 0.862. The van der Waals surface area contributed by atoms with Crippen molar-refractivity contribution in [3.8, 4) is 0 Å². The molecule has 0 aliphatic carbocycles. The summed E-state index contributed by atoms with van der Waals surface area (Å²) in [4.78, 5) is 11.6. The highest BCUT2D eigenvalue weighted by molar-refractivity contribution is 5.83. The van der Waals surface area contributed by atoms with Crippen LogP contribution in [0.3, 0.4) is 0 Å². The van der Waals surface area contributed by atoms with Crippen LogP contribution < -0.4 is 5.32 Å². The number of carbonyl (C=O) groups excluding carboxylic acids is 1. The molecule has 1 unspecified atom stereocenters. The van der Waals surface area contributed by atoms with Gasteiger partial charge in [0, 0.05) is 12.6 Å². The molecule has 2 nitrogen and oxygen atoms in total. The highest BCUT2D eigenvalue weighted by Crippen LogP contribution is 2.17. The van der Waals surface area contributed by atoms with Gasteiger partial charge >= 0.3 is 0 Å². The van der Waals surface area contributed by atoms with Crippen molar-refractivity contribution < 1.29 is 4.79 Å². The number of nitrogens with one attached hydrogen (secondary N) is 1. The minimum absolute atomic E-state index is 0.0250. The number of hydrogen-bond acceptors (Lipinski definition) is 2. The molecule has 18 heavy (non-hydrogen) atoms. The Bertz CT molecular complexity index is 341. The van der Waals surface area contributed by atoms with Gasteiger partial charge in [-0.3, -0.25) is 4.79 Å². The van der Waals surface area contributed by atoms with Crippen LogP contribution in [0.2, 0.25) is 0 Å². The van der Waals surface area contributed by atoms with E-state index in [9.17, 15) is 4.79 Å². The van der Waals surface area contributed by atoms with Gasteiger partial charge in [0.1, 0.15) is 5.78 Å². The number of aryl methyl sites for hydroxylation is 1. The molecule has 0 heterocycles. The fourth-order valence-electron chi connectivity index (χ4n) is 1.65. The molecule has 1 rings (SSSR count). The van der Waals surface area contributed by atoms with Crippen LogP contribution in [-0.2, 0) is 4.79 Å². The third kappa shape index (κ3) is 5.97. The first-order valence-corrected chi connectivity index (χ1v) is 6.81. The molecule has 0 aromatic heterocycles. The van der Waals surface area contributed by atoms with Gasteiger partial charge in [0.15, 0.2) is 0 Å². The molecule has 0 aliphatic rings. The molecular weight excluding hydrogens is 222 g/mol.